The second kappa shape index (κ2) is 6.90. The maximum Gasteiger partial charge on any atom is 0.305 e. The molecule has 1 saturated carbocycles. The van der Waals surface area contributed by atoms with Crippen molar-refractivity contribution in [2.24, 2.45) is 5.41 Å². The number of likely N-dealkylation sites (tertiary alicyclic amines) is 1. The van der Waals surface area contributed by atoms with Crippen molar-refractivity contribution in [3.63, 3.8) is 0 Å². The van der Waals surface area contributed by atoms with E-state index >= 15 is 0 Å². The van der Waals surface area contributed by atoms with Crippen LogP contribution in [0.2, 0.25) is 0 Å². The first-order valence-electron chi connectivity index (χ1n) is 8.04. The van der Waals surface area contributed by atoms with Gasteiger partial charge in [-0.15, -0.1) is 0 Å². The first-order valence-corrected chi connectivity index (χ1v) is 8.04. The Balaban J connectivity index is 1.65. The summed E-state index contributed by atoms with van der Waals surface area (Å²) < 4.78 is 5.66. The van der Waals surface area contributed by atoms with Gasteiger partial charge in [-0.05, 0) is 43.9 Å². The Morgan fingerprint density at radius 2 is 1.80 bits per heavy atom. The van der Waals surface area contributed by atoms with Crippen molar-refractivity contribution >= 4 is 5.97 Å². The molecule has 0 spiro atoms. The molecule has 1 N–H and O–H groups in total. The van der Waals surface area contributed by atoms with Crippen LogP contribution in [0.3, 0.4) is 0 Å². The Labute approximate surface area is 122 Å². The van der Waals surface area contributed by atoms with Gasteiger partial charge in [0, 0.05) is 19.1 Å². The van der Waals surface area contributed by atoms with E-state index in [9.17, 15) is 4.79 Å². The van der Waals surface area contributed by atoms with E-state index < -0.39 is 5.97 Å². The van der Waals surface area contributed by atoms with Crippen LogP contribution in [0.15, 0.2) is 0 Å². The fraction of sp³-hybridized carbons (Fsp3) is 0.938. The lowest BCUT2D eigenvalue weighted by Gasteiger charge is -2.43. The molecular formula is C16H29NO3. The number of piperidine rings is 1. The number of carboxylic acids is 1. The average Bonchev–Trinajstić information content (AvgIpc) is 2.39. The van der Waals surface area contributed by atoms with E-state index in [-0.39, 0.29) is 12.5 Å². The zero-order valence-electron chi connectivity index (χ0n) is 12.9. The van der Waals surface area contributed by atoms with Crippen molar-refractivity contribution in [2.75, 3.05) is 19.7 Å². The van der Waals surface area contributed by atoms with Gasteiger partial charge in [0.1, 0.15) is 0 Å². The molecule has 1 aliphatic carbocycles. The molecule has 20 heavy (non-hydrogen) atoms. The van der Waals surface area contributed by atoms with Crippen molar-refractivity contribution < 1.29 is 14.6 Å². The lowest BCUT2D eigenvalue weighted by atomic mass is 9.75. The largest absolute Gasteiger partial charge is 0.481 e. The summed E-state index contributed by atoms with van der Waals surface area (Å²) in [4.78, 5) is 13.1. The Hall–Kier alpha value is -0.610. The number of carboxylic acid groups (broad SMARTS) is 1. The van der Waals surface area contributed by atoms with Gasteiger partial charge in [0.15, 0.2) is 0 Å². The van der Waals surface area contributed by atoms with Crippen LogP contribution >= 0.6 is 0 Å². The summed E-state index contributed by atoms with van der Waals surface area (Å²) in [6, 6.07) is 0.767. The molecule has 2 rings (SSSR count). The van der Waals surface area contributed by atoms with Crippen LogP contribution in [0.5, 0.6) is 0 Å². The van der Waals surface area contributed by atoms with Crippen molar-refractivity contribution in [3.05, 3.63) is 0 Å². The zero-order valence-corrected chi connectivity index (χ0v) is 12.9. The number of hydrogen-bond donors (Lipinski definition) is 1. The third-order valence-electron chi connectivity index (χ3n) is 4.97. The molecule has 0 aromatic rings. The van der Waals surface area contributed by atoms with Crippen molar-refractivity contribution in [1.29, 1.82) is 0 Å². The molecule has 1 aliphatic heterocycles. The summed E-state index contributed by atoms with van der Waals surface area (Å²) in [5, 5.41) is 8.61. The van der Waals surface area contributed by atoms with E-state index in [4.69, 9.17) is 9.84 Å². The van der Waals surface area contributed by atoms with E-state index in [0.29, 0.717) is 12.0 Å². The summed E-state index contributed by atoms with van der Waals surface area (Å²) in [6.07, 6.45) is 7.84. The van der Waals surface area contributed by atoms with Crippen LogP contribution in [-0.4, -0.2) is 47.8 Å². The van der Waals surface area contributed by atoms with Gasteiger partial charge in [0.2, 0.25) is 0 Å². The van der Waals surface area contributed by atoms with E-state index in [1.165, 1.54) is 25.7 Å². The Morgan fingerprint density at radius 1 is 1.20 bits per heavy atom. The van der Waals surface area contributed by atoms with Gasteiger partial charge < -0.3 is 14.7 Å². The highest BCUT2D eigenvalue weighted by Gasteiger charge is 2.32. The van der Waals surface area contributed by atoms with Gasteiger partial charge in [-0.25, -0.2) is 0 Å². The van der Waals surface area contributed by atoms with Crippen LogP contribution in [0.1, 0.15) is 58.8 Å². The van der Waals surface area contributed by atoms with Gasteiger partial charge in [-0.3, -0.25) is 4.79 Å². The van der Waals surface area contributed by atoms with E-state index in [0.717, 1.165) is 32.0 Å². The molecule has 0 radical (unpaired) electrons. The van der Waals surface area contributed by atoms with Gasteiger partial charge in [0.05, 0.1) is 19.1 Å². The number of rotatable bonds is 5. The fourth-order valence-corrected chi connectivity index (χ4v) is 3.47. The van der Waals surface area contributed by atoms with Gasteiger partial charge in [-0.1, -0.05) is 13.8 Å². The quantitative estimate of drug-likeness (QED) is 0.843. The number of nitrogens with zero attached hydrogens (tertiary/aromatic N) is 1. The topological polar surface area (TPSA) is 49.8 Å². The van der Waals surface area contributed by atoms with Gasteiger partial charge in [0.25, 0.3) is 0 Å². The van der Waals surface area contributed by atoms with Gasteiger partial charge in [-0.2, -0.15) is 0 Å². The minimum absolute atomic E-state index is 0.123. The molecule has 4 nitrogen and oxygen atoms in total. The Morgan fingerprint density at radius 3 is 2.35 bits per heavy atom. The molecular weight excluding hydrogens is 254 g/mol. The summed E-state index contributed by atoms with van der Waals surface area (Å²) in [5.41, 5.74) is 0.536. The molecule has 4 heteroatoms. The summed E-state index contributed by atoms with van der Waals surface area (Å²) in [6.45, 7) is 7.35. The summed E-state index contributed by atoms with van der Waals surface area (Å²) >= 11 is 0. The molecule has 2 aliphatic rings. The maximum atomic E-state index is 10.5. The highest BCUT2D eigenvalue weighted by atomic mass is 16.5. The maximum absolute atomic E-state index is 10.5. The van der Waals surface area contributed by atoms with Crippen molar-refractivity contribution in [3.8, 4) is 0 Å². The summed E-state index contributed by atoms with van der Waals surface area (Å²) in [7, 11) is 0. The minimum Gasteiger partial charge on any atom is -0.481 e. The molecule has 0 amide bonds. The molecule has 0 bridgehead atoms. The second-order valence-corrected chi connectivity index (χ2v) is 7.15. The Bertz CT molecular complexity index is 312. The standard InChI is InChI=1S/C16H29NO3/c1-16(2)8-3-13(4-9-16)17-10-5-14(6-11-17)20-12-7-15(18)19/h13-14H,3-12H2,1-2H3,(H,18,19). The zero-order chi connectivity index (χ0) is 14.6. The third-order valence-corrected chi connectivity index (χ3v) is 4.97. The molecule has 116 valence electrons. The molecule has 0 atom stereocenters. The molecule has 1 heterocycles. The SMILES string of the molecule is CC1(C)CCC(N2CCC(OCCC(=O)O)CC2)CC1. The predicted molar refractivity (Wildman–Crippen MR) is 78.8 cm³/mol. The van der Waals surface area contributed by atoms with Crippen LogP contribution in [-0.2, 0) is 9.53 Å². The fourth-order valence-electron chi connectivity index (χ4n) is 3.47. The highest BCUT2D eigenvalue weighted by Crippen LogP contribution is 2.37. The smallest absolute Gasteiger partial charge is 0.305 e. The molecule has 0 unspecified atom stereocenters. The second-order valence-electron chi connectivity index (χ2n) is 7.15. The van der Waals surface area contributed by atoms with E-state index in [1.807, 2.05) is 0 Å². The minimum atomic E-state index is -0.771. The number of hydrogen-bond acceptors (Lipinski definition) is 3. The predicted octanol–water partition coefficient (Wildman–Crippen LogP) is 2.91. The van der Waals surface area contributed by atoms with Crippen molar-refractivity contribution in [1.82, 2.24) is 4.90 Å². The number of ether oxygens (including phenoxy) is 1. The highest BCUT2D eigenvalue weighted by molar-refractivity contribution is 5.66. The number of aliphatic carboxylic acids is 1. The Kier molecular flexibility index (Phi) is 5.44. The van der Waals surface area contributed by atoms with Crippen LogP contribution < -0.4 is 0 Å². The van der Waals surface area contributed by atoms with E-state index in [2.05, 4.69) is 18.7 Å². The molecule has 1 saturated heterocycles. The van der Waals surface area contributed by atoms with Crippen LogP contribution in [0.4, 0.5) is 0 Å². The van der Waals surface area contributed by atoms with Crippen molar-refractivity contribution in [2.45, 2.75) is 70.9 Å². The molecule has 2 fully saturated rings. The summed E-state index contributed by atoms with van der Waals surface area (Å²) in [5.74, 6) is -0.771. The third kappa shape index (κ3) is 4.74. The van der Waals surface area contributed by atoms with Crippen LogP contribution in [0.25, 0.3) is 0 Å². The first-order chi connectivity index (χ1) is 9.46. The molecule has 0 aromatic heterocycles. The lowest BCUT2D eigenvalue weighted by Crippen LogP contribution is -2.45. The number of carbonyl (C=O) groups is 1. The monoisotopic (exact) mass is 283 g/mol. The van der Waals surface area contributed by atoms with E-state index in [1.54, 1.807) is 0 Å². The van der Waals surface area contributed by atoms with Gasteiger partial charge >= 0.3 is 5.97 Å². The normalized spacial score (nSPS) is 25.7. The molecule has 0 aromatic carbocycles. The average molecular weight is 283 g/mol. The van der Waals surface area contributed by atoms with Crippen LogP contribution in [0, 0.1) is 5.41 Å². The lowest BCUT2D eigenvalue weighted by molar-refractivity contribution is -0.139. The first kappa shape index (κ1) is 15.8.